The molecule has 5 fully saturated rings. The Balaban J connectivity index is 1.34. The molecular weight excluding hydrogens is 481 g/mol. The Kier molecular flexibility index (Phi) is 4.97. The number of carbonyl (C=O) groups is 1. The zero-order valence-corrected chi connectivity index (χ0v) is 20.2. The van der Waals surface area contributed by atoms with Gasteiger partial charge in [-0.1, -0.05) is 0 Å². The van der Waals surface area contributed by atoms with Crippen molar-refractivity contribution in [3.8, 4) is 5.69 Å². The van der Waals surface area contributed by atoms with Crippen LogP contribution in [0.15, 0.2) is 41.3 Å². The van der Waals surface area contributed by atoms with E-state index in [4.69, 9.17) is 0 Å². The zero-order chi connectivity index (χ0) is 25.5. The van der Waals surface area contributed by atoms with Gasteiger partial charge in [-0.3, -0.25) is 14.2 Å². The minimum Gasteiger partial charge on any atom is -0.354 e. The number of halogens is 3. The highest BCUT2D eigenvalue weighted by atomic mass is 19.1. The van der Waals surface area contributed by atoms with Crippen LogP contribution in [0.3, 0.4) is 0 Å². The van der Waals surface area contributed by atoms with Crippen molar-refractivity contribution in [1.29, 1.82) is 0 Å². The number of anilines is 1. The molecule has 0 radical (unpaired) electrons. The summed E-state index contributed by atoms with van der Waals surface area (Å²) in [5.74, 6) is 0.284. The summed E-state index contributed by atoms with van der Waals surface area (Å²) in [6, 6.07) is 6.31. The third-order valence-corrected chi connectivity index (χ3v) is 9.01. The van der Waals surface area contributed by atoms with Crippen LogP contribution in [-0.2, 0) is 0 Å². The van der Waals surface area contributed by atoms with Gasteiger partial charge in [0.05, 0.1) is 17.6 Å². The minimum absolute atomic E-state index is 0.0344. The molecule has 1 saturated heterocycles. The van der Waals surface area contributed by atoms with E-state index in [0.29, 0.717) is 36.5 Å². The number of nitrogens with one attached hydrogen (secondary N) is 1. The molecule has 8 rings (SSSR count). The second-order valence-corrected chi connectivity index (χ2v) is 11.4. The number of fused-ring (bicyclic) bond motifs is 1. The number of aromatic nitrogens is 2. The molecule has 1 aliphatic heterocycles. The lowest BCUT2D eigenvalue weighted by atomic mass is 9.75. The number of alkyl halides is 1. The van der Waals surface area contributed by atoms with Gasteiger partial charge >= 0.3 is 0 Å². The summed E-state index contributed by atoms with van der Waals surface area (Å²) in [5, 5.41) is 3.34. The molecule has 1 N–H and O–H groups in total. The Morgan fingerprint density at radius 1 is 1.08 bits per heavy atom. The zero-order valence-electron chi connectivity index (χ0n) is 20.2. The van der Waals surface area contributed by atoms with Crippen molar-refractivity contribution in [3.05, 3.63) is 63.9 Å². The Hall–Kier alpha value is -3.36. The van der Waals surface area contributed by atoms with Gasteiger partial charge in [-0.2, -0.15) is 0 Å². The summed E-state index contributed by atoms with van der Waals surface area (Å²) >= 11 is 0. The molecule has 192 valence electrons. The quantitative estimate of drug-likeness (QED) is 0.563. The summed E-state index contributed by atoms with van der Waals surface area (Å²) in [5.41, 5.74) is -0.797. The largest absolute Gasteiger partial charge is 0.354 e. The number of rotatable bonds is 4. The average molecular weight is 509 g/mol. The summed E-state index contributed by atoms with van der Waals surface area (Å²) in [6.07, 6.45) is 5.96. The van der Waals surface area contributed by atoms with Crippen molar-refractivity contribution in [1.82, 2.24) is 14.9 Å². The molecule has 3 atom stereocenters. The molecule has 5 aliphatic rings. The maximum absolute atomic E-state index is 15.0. The van der Waals surface area contributed by atoms with E-state index in [1.807, 2.05) is 0 Å². The average Bonchev–Trinajstić information content (AvgIpc) is 3.48. The highest BCUT2D eigenvalue weighted by Gasteiger charge is 2.56. The molecule has 6 nitrogen and oxygen atoms in total. The second kappa shape index (κ2) is 8.07. The molecule has 3 aromatic rings. The fourth-order valence-electron chi connectivity index (χ4n) is 7.59. The first-order valence-electron chi connectivity index (χ1n) is 13.0. The van der Waals surface area contributed by atoms with Crippen molar-refractivity contribution in [2.75, 3.05) is 18.0 Å². The maximum Gasteiger partial charge on any atom is 0.257 e. The van der Waals surface area contributed by atoms with Gasteiger partial charge in [-0.25, -0.2) is 18.2 Å². The third-order valence-electron chi connectivity index (χ3n) is 9.01. The fraction of sp³-hybridized carbons (Fsp3) is 0.464. The predicted octanol–water partition coefficient (Wildman–Crippen LogP) is 4.52. The van der Waals surface area contributed by atoms with Crippen molar-refractivity contribution in [2.45, 2.75) is 50.2 Å². The fourth-order valence-corrected chi connectivity index (χ4v) is 7.59. The first-order valence-corrected chi connectivity index (χ1v) is 13.0. The Morgan fingerprint density at radius 2 is 1.86 bits per heavy atom. The van der Waals surface area contributed by atoms with Crippen molar-refractivity contribution in [3.63, 3.8) is 0 Å². The van der Waals surface area contributed by atoms with E-state index >= 15 is 0 Å². The molecule has 4 aliphatic carbocycles. The van der Waals surface area contributed by atoms with Crippen molar-refractivity contribution in [2.24, 2.45) is 17.8 Å². The molecule has 1 aromatic carbocycles. The van der Waals surface area contributed by atoms with Gasteiger partial charge in [0.25, 0.3) is 5.91 Å². The third kappa shape index (κ3) is 3.65. The monoisotopic (exact) mass is 508 g/mol. The smallest absolute Gasteiger partial charge is 0.257 e. The molecule has 1 amide bonds. The first-order chi connectivity index (χ1) is 17.8. The predicted molar refractivity (Wildman–Crippen MR) is 133 cm³/mol. The normalized spacial score (nSPS) is 30.0. The number of hydrogen-bond acceptors (Lipinski definition) is 4. The highest BCUT2D eigenvalue weighted by molar-refractivity contribution is 5.98. The Bertz CT molecular complexity index is 1490. The van der Waals surface area contributed by atoms with Gasteiger partial charge in [0.1, 0.15) is 29.2 Å². The molecule has 2 unspecified atom stereocenters. The lowest BCUT2D eigenvalue weighted by Crippen LogP contribution is -2.51. The molecule has 2 aromatic heterocycles. The lowest BCUT2D eigenvalue weighted by Gasteiger charge is -2.39. The van der Waals surface area contributed by atoms with Crippen LogP contribution in [0.1, 0.15) is 48.9 Å². The van der Waals surface area contributed by atoms with Gasteiger partial charge < -0.3 is 10.2 Å². The number of pyridine rings is 2. The number of amides is 1. The van der Waals surface area contributed by atoms with E-state index < -0.39 is 29.1 Å². The minimum atomic E-state index is -0.972. The summed E-state index contributed by atoms with van der Waals surface area (Å²) < 4.78 is 43.9. The standard InChI is InChI=1S/C28H27F3N4O2/c29-18-1-3-23(22(31)9-18)35-14-21(27(37)33-28-10-15-7-16(11-28)17(8-15)12-28)25(36)20-2-4-24(32-26(20)35)34-6-5-19(30)13-34/h1-4,9,14-17,19H,5-8,10-13H2,(H,33,37)/t15?,16?,17?,19-,28?/m1/s1. The Morgan fingerprint density at radius 3 is 2.54 bits per heavy atom. The van der Waals surface area contributed by atoms with E-state index in [1.165, 1.54) is 29.7 Å². The van der Waals surface area contributed by atoms with Gasteiger partial charge in [0.2, 0.25) is 5.43 Å². The summed E-state index contributed by atoms with van der Waals surface area (Å²) in [6.45, 7) is 0.652. The number of benzene rings is 1. The number of hydrogen-bond donors (Lipinski definition) is 1. The highest BCUT2D eigenvalue weighted by Crippen LogP contribution is 2.59. The van der Waals surface area contributed by atoms with Crippen LogP contribution in [0.5, 0.6) is 0 Å². The van der Waals surface area contributed by atoms with E-state index in [0.717, 1.165) is 31.4 Å². The first kappa shape index (κ1) is 22.8. The second-order valence-electron chi connectivity index (χ2n) is 11.4. The molecule has 37 heavy (non-hydrogen) atoms. The van der Waals surface area contributed by atoms with Crippen LogP contribution in [0.4, 0.5) is 19.0 Å². The van der Waals surface area contributed by atoms with Crippen molar-refractivity contribution < 1.29 is 18.0 Å². The van der Waals surface area contributed by atoms with E-state index in [9.17, 15) is 22.8 Å². The van der Waals surface area contributed by atoms with Gasteiger partial charge in [0, 0.05) is 24.3 Å². The van der Waals surface area contributed by atoms with Gasteiger partial charge in [-0.05, 0) is 80.5 Å². The van der Waals surface area contributed by atoms with E-state index in [-0.39, 0.29) is 34.4 Å². The van der Waals surface area contributed by atoms with Crippen molar-refractivity contribution >= 4 is 22.8 Å². The lowest BCUT2D eigenvalue weighted by molar-refractivity contribution is 0.0844. The SMILES string of the molecule is O=C(NC12CC3CC(C1)C(C3)C2)c1cn(-c2ccc(F)cc2F)c2nc(N3CC[C@@H](F)C3)ccc2c1=O. The van der Waals surface area contributed by atoms with Crippen LogP contribution in [0.25, 0.3) is 16.7 Å². The van der Waals surface area contributed by atoms with Crippen LogP contribution in [-0.4, -0.2) is 40.3 Å². The topological polar surface area (TPSA) is 67.2 Å². The molecule has 0 spiro atoms. The molecule has 9 heteroatoms. The van der Waals surface area contributed by atoms with E-state index in [2.05, 4.69) is 10.3 Å². The van der Waals surface area contributed by atoms with Gasteiger partial charge in [-0.15, -0.1) is 0 Å². The molecular formula is C28H27F3N4O2. The van der Waals surface area contributed by atoms with Crippen LogP contribution >= 0.6 is 0 Å². The molecule has 4 saturated carbocycles. The van der Waals surface area contributed by atoms with E-state index in [1.54, 1.807) is 17.0 Å². The molecule has 3 heterocycles. The summed E-state index contributed by atoms with van der Waals surface area (Å²) in [4.78, 5) is 33.5. The van der Waals surface area contributed by atoms with Gasteiger partial charge in [0.15, 0.2) is 5.65 Å². The van der Waals surface area contributed by atoms with Crippen LogP contribution in [0, 0.1) is 29.4 Å². The molecule has 4 bridgehead atoms. The number of nitrogens with zero attached hydrogens (tertiary/aromatic N) is 3. The number of carbonyl (C=O) groups excluding carboxylic acids is 1. The Labute approximate surface area is 211 Å². The summed E-state index contributed by atoms with van der Waals surface area (Å²) in [7, 11) is 0. The van der Waals surface area contributed by atoms with Crippen LogP contribution < -0.4 is 15.6 Å². The maximum atomic E-state index is 15.0. The van der Waals surface area contributed by atoms with Crippen LogP contribution in [0.2, 0.25) is 0 Å².